The van der Waals surface area contributed by atoms with E-state index in [0.717, 1.165) is 73.3 Å². The third kappa shape index (κ3) is 19.5. The Morgan fingerprint density at radius 2 is 1.23 bits per heavy atom. The molecule has 3 aliphatic carbocycles. The lowest BCUT2D eigenvalue weighted by Gasteiger charge is -2.42. The number of carbonyl (C=O) groups excluding carboxylic acids is 12. The van der Waals surface area contributed by atoms with Gasteiger partial charge in [0.05, 0.1) is 36.6 Å². The van der Waals surface area contributed by atoms with Crippen LogP contribution in [0.15, 0.2) is 18.2 Å². The quantitative estimate of drug-likeness (QED) is 0.257. The van der Waals surface area contributed by atoms with Gasteiger partial charge in [0.1, 0.15) is 47.8 Å². The lowest BCUT2D eigenvalue weighted by molar-refractivity contribution is -0.156. The van der Waals surface area contributed by atoms with Crippen molar-refractivity contribution in [3.63, 3.8) is 0 Å². The summed E-state index contributed by atoms with van der Waals surface area (Å²) in [6, 6.07) is -5.54. The molecule has 0 bridgehead atoms. The molecule has 552 valence electrons. The third-order valence-electron chi connectivity index (χ3n) is 22.0. The third-order valence-corrected chi connectivity index (χ3v) is 22.3. The molecule has 12 amide bonds. The second kappa shape index (κ2) is 35.0. The second-order valence-corrected chi connectivity index (χ2v) is 29.8. The van der Waals surface area contributed by atoms with Gasteiger partial charge in [-0.1, -0.05) is 110 Å². The van der Waals surface area contributed by atoms with Crippen molar-refractivity contribution >= 4 is 82.5 Å². The summed E-state index contributed by atoms with van der Waals surface area (Å²) in [4.78, 5) is 190. The monoisotopic (exact) mass is 1410 g/mol. The molecule has 1 aromatic rings. The van der Waals surface area contributed by atoms with Gasteiger partial charge >= 0.3 is 6.18 Å². The van der Waals surface area contributed by atoms with Gasteiger partial charge in [0.2, 0.25) is 70.9 Å². The van der Waals surface area contributed by atoms with Crippen LogP contribution in [0.2, 0.25) is 5.02 Å². The maximum absolute atomic E-state index is 15.4. The van der Waals surface area contributed by atoms with Gasteiger partial charge < -0.3 is 60.0 Å². The Bertz CT molecular complexity index is 3100. The summed E-state index contributed by atoms with van der Waals surface area (Å²) in [5.74, 6) is -9.11. The van der Waals surface area contributed by atoms with Gasteiger partial charge in [0.15, 0.2) is 0 Å². The number of carbonyl (C=O) groups is 12. The highest BCUT2D eigenvalue weighted by Gasteiger charge is 2.51. The van der Waals surface area contributed by atoms with Crippen molar-refractivity contribution in [1.82, 2.24) is 60.0 Å². The summed E-state index contributed by atoms with van der Waals surface area (Å²) in [6.07, 6.45) is 6.14. The topological polar surface area (TPSA) is 270 Å². The molecule has 24 nitrogen and oxygen atoms in total. The zero-order valence-electron chi connectivity index (χ0n) is 60.0. The van der Waals surface area contributed by atoms with Gasteiger partial charge in [-0.3, -0.25) is 57.5 Å². The molecule has 6 fully saturated rings. The summed E-state index contributed by atoms with van der Waals surface area (Å²) in [6.45, 7) is 6.22. The highest BCUT2D eigenvalue weighted by molar-refractivity contribution is 6.31. The van der Waals surface area contributed by atoms with Crippen molar-refractivity contribution in [3.05, 3.63) is 34.3 Å². The number of likely N-dealkylation sites (N-methyl/N-ethyl adjacent to an activating group) is 7. The van der Waals surface area contributed by atoms with Crippen LogP contribution in [0.5, 0.6) is 0 Å². The fourth-order valence-electron chi connectivity index (χ4n) is 15.7. The molecule has 7 rings (SSSR count). The van der Waals surface area contributed by atoms with Crippen LogP contribution in [0.4, 0.5) is 13.2 Å². The molecule has 1 spiro atoms. The maximum atomic E-state index is 15.4. The molecule has 6 aliphatic rings. The van der Waals surface area contributed by atoms with E-state index in [-0.39, 0.29) is 56.9 Å². The minimum Gasteiger partial charge on any atom is -0.343 e. The lowest BCUT2D eigenvalue weighted by Crippen LogP contribution is -2.65. The number of alkyl halides is 3. The highest BCUT2D eigenvalue weighted by atomic mass is 35.5. The zero-order chi connectivity index (χ0) is 73.0. The molecular weight excluding hydrogens is 1310 g/mol. The number of benzene rings is 1. The van der Waals surface area contributed by atoms with Crippen LogP contribution in [0, 0.1) is 23.7 Å². The van der Waals surface area contributed by atoms with Crippen LogP contribution < -0.4 is 16.0 Å². The number of likely N-dealkylation sites (tertiary alicyclic amines) is 1. The van der Waals surface area contributed by atoms with Crippen molar-refractivity contribution in [2.24, 2.45) is 23.7 Å². The normalized spacial score (nSPS) is 27.0. The number of rotatable bonds is 10. The van der Waals surface area contributed by atoms with Crippen molar-refractivity contribution < 1.29 is 70.7 Å². The van der Waals surface area contributed by atoms with Gasteiger partial charge in [0, 0.05) is 69.0 Å². The van der Waals surface area contributed by atoms with E-state index in [1.807, 2.05) is 6.92 Å². The number of aryl methyl sites for hydroxylation is 1. The summed E-state index contributed by atoms with van der Waals surface area (Å²) >= 11 is 6.15. The number of fused-ring (bicyclic) bond motifs is 1. The maximum Gasteiger partial charge on any atom is 0.417 e. The molecule has 0 radical (unpaired) electrons. The van der Waals surface area contributed by atoms with Gasteiger partial charge in [0.25, 0.3) is 0 Å². The summed E-state index contributed by atoms with van der Waals surface area (Å²) in [5, 5.41) is 8.17. The standard InChI is InChI=1S/C71H108ClF3N12O12/c1-12-45(4)59-67(97)81(7)42-57(90)79(5)43-58(91)82(8)53(39-46-24-15-13-16-25-46)65(95)80(6)41-55(88)76-51(32-30-47-29-31-49(50(72)38-47)71(73,74)75)64(94)87-37-23-28-52(87)62(92)78-70(33-19-20-34-70)69(99)85(11)60(44(2)3)68(98)83(9)54(66(96)86-35-21-14-22-36-86)40-56(89)84(10)61(63(93)77-59)48-26-17-18-27-48/h29,31,38,44-46,48,51-54,59-61H,12-28,30,32-37,39-43H2,1-11H3,(H,76,88)(H,77,93)(H,78,92)/t45-,51-,52-,53-,54-,59-,60-,61-/m0/s1. The van der Waals surface area contributed by atoms with Crippen LogP contribution in [-0.4, -0.2) is 251 Å². The average molecular weight is 1410 g/mol. The number of nitrogens with one attached hydrogen (secondary N) is 3. The first-order valence-electron chi connectivity index (χ1n) is 35.9. The summed E-state index contributed by atoms with van der Waals surface area (Å²) < 4.78 is 41.6. The predicted molar refractivity (Wildman–Crippen MR) is 364 cm³/mol. The van der Waals surface area contributed by atoms with E-state index in [2.05, 4.69) is 16.0 Å². The summed E-state index contributed by atoms with van der Waals surface area (Å²) in [5.41, 5.74) is -2.35. The van der Waals surface area contributed by atoms with Gasteiger partial charge in [-0.2, -0.15) is 13.2 Å². The fourth-order valence-corrected chi connectivity index (χ4v) is 16.0. The Morgan fingerprint density at radius 3 is 1.84 bits per heavy atom. The van der Waals surface area contributed by atoms with Crippen molar-refractivity contribution in [1.29, 1.82) is 0 Å². The van der Waals surface area contributed by atoms with Crippen molar-refractivity contribution in [2.75, 3.05) is 88.6 Å². The Morgan fingerprint density at radius 1 is 0.626 bits per heavy atom. The molecule has 1 aromatic carbocycles. The first kappa shape index (κ1) is 79.3. The van der Waals surface area contributed by atoms with Crippen LogP contribution >= 0.6 is 11.6 Å². The Kier molecular flexibility index (Phi) is 28.0. The number of halogens is 4. The van der Waals surface area contributed by atoms with Gasteiger partial charge in [-0.15, -0.1) is 0 Å². The fraction of sp³-hybridized carbons (Fsp3) is 0.746. The first-order valence-corrected chi connectivity index (χ1v) is 36.2. The van der Waals surface area contributed by atoms with Crippen LogP contribution in [0.3, 0.4) is 0 Å². The molecule has 3 heterocycles. The van der Waals surface area contributed by atoms with E-state index < -0.39 is 173 Å². The highest BCUT2D eigenvalue weighted by Crippen LogP contribution is 2.38. The Hall–Kier alpha value is -7.06. The van der Waals surface area contributed by atoms with Gasteiger partial charge in [-0.05, 0) is 118 Å². The molecule has 28 heteroatoms. The minimum absolute atomic E-state index is 0.0210. The summed E-state index contributed by atoms with van der Waals surface area (Å²) in [7, 11) is 9.96. The number of piperidine rings is 1. The number of amides is 12. The van der Waals surface area contributed by atoms with Crippen LogP contribution in [0.1, 0.15) is 180 Å². The van der Waals surface area contributed by atoms with Crippen molar-refractivity contribution in [3.8, 4) is 0 Å². The Labute approximate surface area is 586 Å². The lowest BCUT2D eigenvalue weighted by atomic mass is 9.84. The second-order valence-electron chi connectivity index (χ2n) is 29.4. The molecule has 3 N–H and O–H groups in total. The molecule has 8 atom stereocenters. The number of hydrogen-bond acceptors (Lipinski definition) is 12. The molecular formula is C71H108ClF3N12O12. The first-order chi connectivity index (χ1) is 46.7. The molecule has 3 aliphatic heterocycles. The largest absolute Gasteiger partial charge is 0.417 e. The van der Waals surface area contributed by atoms with Crippen LogP contribution in [0.25, 0.3) is 0 Å². The smallest absolute Gasteiger partial charge is 0.343 e. The number of nitrogens with zero attached hydrogens (tertiary/aromatic N) is 9. The molecule has 0 aromatic heterocycles. The van der Waals surface area contributed by atoms with E-state index in [0.29, 0.717) is 70.0 Å². The van der Waals surface area contributed by atoms with Crippen LogP contribution in [-0.2, 0) is 70.1 Å². The molecule has 3 saturated carbocycles. The van der Waals surface area contributed by atoms with E-state index in [9.17, 15) is 41.9 Å². The number of hydrogen-bond donors (Lipinski definition) is 3. The minimum atomic E-state index is -4.76. The van der Waals surface area contributed by atoms with Gasteiger partial charge in [-0.25, -0.2) is 0 Å². The molecule has 99 heavy (non-hydrogen) atoms. The SMILES string of the molecule is CC[C@H](C)[C@@H]1NC(=O)[C@H](C2CCCC2)N(C)C(=O)C[C@@H](C(=O)N2CCCCC2)N(C)C(=O)[C@H](C(C)C)N(C)C(=O)C2(CCCC2)NC(=O)[C@@H]2CCCN2C(=O)[C@H](CCc2ccc(C(F)(F)F)c(Cl)c2)NC(=O)CN(C)C(=O)[C@H](CC2CCCCC2)N(C)C(=O)CN(C)C(=O)CN(C)C1=O. The van der Waals surface area contributed by atoms with E-state index in [1.54, 1.807) is 25.7 Å². The predicted octanol–water partition coefficient (Wildman–Crippen LogP) is 5.64. The zero-order valence-corrected chi connectivity index (χ0v) is 60.8. The molecule has 0 unspecified atom stereocenters. The van der Waals surface area contributed by atoms with E-state index >= 15 is 28.8 Å². The molecule has 3 saturated heterocycles. The van der Waals surface area contributed by atoms with E-state index in [4.69, 9.17) is 11.6 Å². The van der Waals surface area contributed by atoms with E-state index in [1.165, 1.54) is 84.8 Å². The average Bonchev–Trinajstić information content (AvgIpc) is 1.77. The Balaban J connectivity index is 1.27. The van der Waals surface area contributed by atoms with Crippen molar-refractivity contribution in [2.45, 2.75) is 229 Å².